The van der Waals surface area contributed by atoms with E-state index in [0.29, 0.717) is 17.6 Å². The predicted octanol–water partition coefficient (Wildman–Crippen LogP) is 3.77. The van der Waals surface area contributed by atoms with Gasteiger partial charge in [-0.3, -0.25) is 9.36 Å². The number of nitrogens with zero attached hydrogens (tertiary/aromatic N) is 3. The number of fused-ring (bicyclic) bond motifs is 3. The Morgan fingerprint density at radius 1 is 1.50 bits per heavy atom. The van der Waals surface area contributed by atoms with E-state index < -0.39 is 0 Å². The van der Waals surface area contributed by atoms with Gasteiger partial charge >= 0.3 is 0 Å². The Morgan fingerprint density at radius 3 is 3.08 bits per heavy atom. The number of ether oxygens (including phenoxy) is 1. The van der Waals surface area contributed by atoms with E-state index in [2.05, 4.69) is 13.0 Å². The molecule has 0 spiro atoms. The third-order valence-corrected chi connectivity index (χ3v) is 7.38. The lowest BCUT2D eigenvalue weighted by molar-refractivity contribution is 0.0937. The average Bonchev–Trinajstić information content (AvgIpc) is 3.24. The van der Waals surface area contributed by atoms with E-state index >= 15 is 0 Å². The summed E-state index contributed by atoms with van der Waals surface area (Å²) in [4.78, 5) is 20.4. The molecule has 2 aromatic heterocycles. The molecule has 7 heteroatoms. The van der Waals surface area contributed by atoms with Gasteiger partial charge in [-0.2, -0.15) is 5.26 Å². The van der Waals surface area contributed by atoms with Gasteiger partial charge in [-0.1, -0.05) is 18.7 Å². The van der Waals surface area contributed by atoms with Crippen LogP contribution in [0.5, 0.6) is 0 Å². The van der Waals surface area contributed by atoms with Gasteiger partial charge in [0.1, 0.15) is 4.83 Å². The van der Waals surface area contributed by atoms with Crippen LogP contribution in [0.3, 0.4) is 0 Å². The van der Waals surface area contributed by atoms with Crippen molar-refractivity contribution in [1.29, 1.82) is 5.26 Å². The van der Waals surface area contributed by atoms with Gasteiger partial charge in [0.2, 0.25) is 0 Å². The second-order valence-electron chi connectivity index (χ2n) is 7.37. The summed E-state index contributed by atoms with van der Waals surface area (Å²) in [6.45, 7) is 5.41. The van der Waals surface area contributed by atoms with Crippen LogP contribution in [0.4, 0.5) is 0 Å². The second-order valence-corrected chi connectivity index (χ2v) is 9.76. The van der Waals surface area contributed by atoms with Crippen molar-refractivity contribution < 1.29 is 4.74 Å². The van der Waals surface area contributed by atoms with Gasteiger partial charge in [0, 0.05) is 11.5 Å². The van der Waals surface area contributed by atoms with Crippen LogP contribution < -0.4 is 5.56 Å². The van der Waals surface area contributed by atoms with Crippen LogP contribution in [0.25, 0.3) is 10.2 Å². The van der Waals surface area contributed by atoms with Crippen LogP contribution in [0.1, 0.15) is 43.6 Å². The highest BCUT2D eigenvalue weighted by molar-refractivity contribution is 8.00. The Balaban J connectivity index is 1.84. The van der Waals surface area contributed by atoms with Crippen LogP contribution in [-0.2, 0) is 24.1 Å². The van der Waals surface area contributed by atoms with Crippen LogP contribution in [0.15, 0.2) is 9.95 Å². The highest BCUT2D eigenvalue weighted by Gasteiger charge is 2.26. The minimum atomic E-state index is -0.246. The first-order valence-electron chi connectivity index (χ1n) is 9.29. The minimum absolute atomic E-state index is 0.0465. The predicted molar refractivity (Wildman–Crippen MR) is 105 cm³/mol. The molecule has 4 rings (SSSR count). The smallest absolute Gasteiger partial charge is 0.263 e. The topological polar surface area (TPSA) is 67.9 Å². The van der Waals surface area contributed by atoms with Gasteiger partial charge in [0.15, 0.2) is 5.16 Å². The number of aromatic nitrogens is 2. The Labute approximate surface area is 161 Å². The van der Waals surface area contributed by atoms with Crippen molar-refractivity contribution in [3.05, 3.63) is 20.8 Å². The Kier molecular flexibility index (Phi) is 5.09. The normalized spacial score (nSPS) is 23.7. The van der Waals surface area contributed by atoms with Crippen LogP contribution in [-0.4, -0.2) is 27.5 Å². The maximum Gasteiger partial charge on any atom is 0.263 e. The van der Waals surface area contributed by atoms with Crippen molar-refractivity contribution in [2.75, 3.05) is 6.61 Å². The first-order valence-corrected chi connectivity index (χ1v) is 11.0. The number of thiophene rings is 1. The first kappa shape index (κ1) is 18.0. The summed E-state index contributed by atoms with van der Waals surface area (Å²) in [5.74, 6) is 0.664. The molecule has 1 aliphatic heterocycles. The monoisotopic (exact) mass is 389 g/mol. The molecule has 1 fully saturated rings. The van der Waals surface area contributed by atoms with Gasteiger partial charge in [-0.25, -0.2) is 4.98 Å². The summed E-state index contributed by atoms with van der Waals surface area (Å²) >= 11 is 3.04. The zero-order chi connectivity index (χ0) is 18.3. The lowest BCUT2D eigenvalue weighted by atomic mass is 9.89. The molecule has 0 aromatic carbocycles. The van der Waals surface area contributed by atoms with E-state index in [9.17, 15) is 10.1 Å². The summed E-state index contributed by atoms with van der Waals surface area (Å²) in [5.41, 5.74) is 1.26. The lowest BCUT2D eigenvalue weighted by Crippen LogP contribution is -2.29. The Hall–Kier alpha value is -1.36. The summed E-state index contributed by atoms with van der Waals surface area (Å²) < 4.78 is 7.53. The molecule has 2 aliphatic rings. The maximum atomic E-state index is 13.4. The Morgan fingerprint density at radius 2 is 2.35 bits per heavy atom. The van der Waals surface area contributed by atoms with Crippen molar-refractivity contribution in [1.82, 2.24) is 9.55 Å². The van der Waals surface area contributed by atoms with E-state index in [1.807, 2.05) is 6.92 Å². The third-order valence-electron chi connectivity index (χ3n) is 5.25. The SMILES string of the molecule is C[C@@H]1CCc2c(sc3nc(S[C@@H](C)C#N)n(C[C@@H]4CCCO4)c(=O)c23)C1. The molecule has 0 N–H and O–H groups in total. The minimum Gasteiger partial charge on any atom is -0.376 e. The standard InChI is InChI=1S/C19H23N3O2S2/c1-11-5-6-14-15(8-11)26-17-16(14)18(23)22(10-13-4-3-7-24-13)19(21-17)25-12(2)9-20/h11-13H,3-8,10H2,1-2H3/t11-,12+,13+/m1/s1. The van der Waals surface area contributed by atoms with Gasteiger partial charge in [-0.05, 0) is 50.5 Å². The van der Waals surface area contributed by atoms with E-state index in [1.165, 1.54) is 22.2 Å². The zero-order valence-corrected chi connectivity index (χ0v) is 16.8. The van der Waals surface area contributed by atoms with Crippen molar-refractivity contribution in [3.63, 3.8) is 0 Å². The van der Waals surface area contributed by atoms with Crippen molar-refractivity contribution >= 4 is 33.3 Å². The number of thioether (sulfide) groups is 1. The largest absolute Gasteiger partial charge is 0.376 e. The van der Waals surface area contributed by atoms with Crippen LogP contribution in [0.2, 0.25) is 0 Å². The fourth-order valence-corrected chi connectivity index (χ4v) is 6.06. The van der Waals surface area contributed by atoms with Crippen molar-refractivity contribution in [3.8, 4) is 6.07 Å². The number of aryl methyl sites for hydroxylation is 1. The molecule has 26 heavy (non-hydrogen) atoms. The molecule has 3 atom stereocenters. The fourth-order valence-electron chi connectivity index (χ4n) is 3.83. The molecular weight excluding hydrogens is 366 g/mol. The molecule has 0 bridgehead atoms. The number of hydrogen-bond acceptors (Lipinski definition) is 6. The van der Waals surface area contributed by atoms with E-state index in [4.69, 9.17) is 9.72 Å². The second kappa shape index (κ2) is 7.34. The highest BCUT2D eigenvalue weighted by Crippen LogP contribution is 2.37. The summed E-state index contributed by atoms with van der Waals surface area (Å²) in [6, 6.07) is 2.24. The number of rotatable bonds is 4. The molecule has 0 unspecified atom stereocenters. The molecular formula is C19H23N3O2S2. The van der Waals surface area contributed by atoms with E-state index in [-0.39, 0.29) is 16.9 Å². The van der Waals surface area contributed by atoms with Gasteiger partial charge in [0.25, 0.3) is 5.56 Å². The quantitative estimate of drug-likeness (QED) is 0.588. The lowest BCUT2D eigenvalue weighted by Gasteiger charge is -2.18. The molecule has 3 heterocycles. The third kappa shape index (κ3) is 3.30. The number of hydrogen-bond donors (Lipinski definition) is 0. The summed E-state index contributed by atoms with van der Waals surface area (Å²) in [7, 11) is 0. The summed E-state index contributed by atoms with van der Waals surface area (Å²) in [6.07, 6.45) is 5.22. The van der Waals surface area contributed by atoms with Crippen LogP contribution >= 0.6 is 23.1 Å². The van der Waals surface area contributed by atoms with Crippen molar-refractivity contribution in [2.24, 2.45) is 5.92 Å². The molecule has 138 valence electrons. The molecule has 0 radical (unpaired) electrons. The first-order chi connectivity index (χ1) is 12.6. The van der Waals surface area contributed by atoms with Gasteiger partial charge in [-0.15, -0.1) is 11.3 Å². The van der Waals surface area contributed by atoms with E-state index in [0.717, 1.165) is 48.9 Å². The van der Waals surface area contributed by atoms with E-state index in [1.54, 1.807) is 15.9 Å². The van der Waals surface area contributed by atoms with Crippen LogP contribution in [0, 0.1) is 17.2 Å². The Bertz CT molecular complexity index is 921. The summed E-state index contributed by atoms with van der Waals surface area (Å²) in [5, 5.41) is 10.4. The zero-order valence-electron chi connectivity index (χ0n) is 15.2. The molecule has 1 saturated heterocycles. The molecule has 0 saturated carbocycles. The highest BCUT2D eigenvalue weighted by atomic mass is 32.2. The molecule has 0 amide bonds. The van der Waals surface area contributed by atoms with Gasteiger partial charge < -0.3 is 4.74 Å². The molecule has 5 nitrogen and oxygen atoms in total. The molecule has 2 aromatic rings. The van der Waals surface area contributed by atoms with Crippen molar-refractivity contribution in [2.45, 2.75) is 69.0 Å². The number of nitriles is 1. The van der Waals surface area contributed by atoms with Gasteiger partial charge in [0.05, 0.1) is 29.4 Å². The molecule has 1 aliphatic carbocycles. The average molecular weight is 390 g/mol. The fraction of sp³-hybridized carbons (Fsp3) is 0.632. The maximum absolute atomic E-state index is 13.4.